The summed E-state index contributed by atoms with van der Waals surface area (Å²) in [7, 11) is 0. The fourth-order valence-electron chi connectivity index (χ4n) is 3.18. The summed E-state index contributed by atoms with van der Waals surface area (Å²) in [6.07, 6.45) is 5.54. The summed E-state index contributed by atoms with van der Waals surface area (Å²) >= 11 is 0. The summed E-state index contributed by atoms with van der Waals surface area (Å²) in [6, 6.07) is 9.96. The molecule has 2 aromatic heterocycles. The van der Waals surface area contributed by atoms with Crippen LogP contribution in [0.1, 0.15) is 44.4 Å². The fourth-order valence-corrected chi connectivity index (χ4v) is 3.18. The average molecular weight is 430 g/mol. The topological polar surface area (TPSA) is 117 Å². The summed E-state index contributed by atoms with van der Waals surface area (Å²) in [6.45, 7) is 4.43. The predicted octanol–water partition coefficient (Wildman–Crippen LogP) is 3.03. The van der Waals surface area contributed by atoms with E-state index in [9.17, 15) is 4.79 Å². The first kappa shape index (κ1) is 22.9. The zero-order chi connectivity index (χ0) is 21.9. The van der Waals surface area contributed by atoms with E-state index in [-0.39, 0.29) is 17.0 Å². The third-order valence-electron chi connectivity index (χ3n) is 4.81. The van der Waals surface area contributed by atoms with Crippen molar-refractivity contribution in [2.24, 2.45) is 0 Å². The standard InChI is InChI=1S/C22H31N5O4/c1-2-3-4-8-11-29-15-18(31-13-12-30-14-17-9-6-5-7-10-17)27-16-24-19-20(27)25-22(23)26-21(19)28/h5-7,9-10,16,18H,2-4,8,11-15H2,1H3,(H3,23,25,26,28). The van der Waals surface area contributed by atoms with Crippen LogP contribution >= 0.6 is 0 Å². The van der Waals surface area contributed by atoms with Gasteiger partial charge in [0.05, 0.1) is 32.8 Å². The fraction of sp³-hybridized carbons (Fsp3) is 0.500. The molecule has 0 fully saturated rings. The van der Waals surface area contributed by atoms with Gasteiger partial charge in [0, 0.05) is 6.61 Å². The Bertz CT molecular complexity index is 973. The van der Waals surface area contributed by atoms with Gasteiger partial charge < -0.3 is 19.9 Å². The number of H-pyrrole nitrogens is 1. The van der Waals surface area contributed by atoms with Gasteiger partial charge in [-0.2, -0.15) is 4.98 Å². The minimum absolute atomic E-state index is 0.0321. The molecule has 0 bridgehead atoms. The van der Waals surface area contributed by atoms with Crippen LogP contribution in [-0.4, -0.2) is 45.9 Å². The molecule has 0 amide bonds. The highest BCUT2D eigenvalue weighted by molar-refractivity contribution is 5.70. The minimum atomic E-state index is -0.495. The molecule has 3 rings (SSSR count). The van der Waals surface area contributed by atoms with Crippen LogP contribution in [0.15, 0.2) is 41.5 Å². The largest absolute Gasteiger partial charge is 0.377 e. The Morgan fingerprint density at radius 3 is 2.74 bits per heavy atom. The number of hydrogen-bond donors (Lipinski definition) is 2. The number of ether oxygens (including phenoxy) is 3. The lowest BCUT2D eigenvalue weighted by Crippen LogP contribution is -2.22. The summed E-state index contributed by atoms with van der Waals surface area (Å²) in [5, 5.41) is 0. The van der Waals surface area contributed by atoms with E-state index in [2.05, 4.69) is 21.9 Å². The number of fused-ring (bicyclic) bond motifs is 1. The van der Waals surface area contributed by atoms with Crippen molar-refractivity contribution in [3.8, 4) is 0 Å². The number of rotatable bonds is 14. The van der Waals surface area contributed by atoms with Crippen molar-refractivity contribution in [2.75, 3.05) is 32.2 Å². The van der Waals surface area contributed by atoms with Gasteiger partial charge in [0.2, 0.25) is 5.95 Å². The number of nitrogens with two attached hydrogens (primary N) is 1. The number of nitrogens with one attached hydrogen (secondary N) is 1. The molecule has 1 atom stereocenters. The molecule has 3 aromatic rings. The van der Waals surface area contributed by atoms with E-state index in [1.54, 1.807) is 4.57 Å². The van der Waals surface area contributed by atoms with E-state index in [4.69, 9.17) is 19.9 Å². The molecule has 2 heterocycles. The number of aromatic amines is 1. The lowest BCUT2D eigenvalue weighted by atomic mass is 10.2. The molecule has 1 unspecified atom stereocenters. The average Bonchev–Trinajstić information content (AvgIpc) is 3.19. The summed E-state index contributed by atoms with van der Waals surface area (Å²) in [5.41, 5.74) is 7.02. The van der Waals surface area contributed by atoms with E-state index in [0.29, 0.717) is 38.7 Å². The SMILES string of the molecule is CCCCCCOCC(OCCOCc1ccccc1)n1cnc2c(=O)[nH]c(N)nc21. The Balaban J connectivity index is 1.59. The molecule has 168 valence electrons. The molecule has 0 spiro atoms. The van der Waals surface area contributed by atoms with Crippen LogP contribution in [0.5, 0.6) is 0 Å². The second-order valence-electron chi connectivity index (χ2n) is 7.27. The third-order valence-corrected chi connectivity index (χ3v) is 4.81. The van der Waals surface area contributed by atoms with Crippen LogP contribution in [0.2, 0.25) is 0 Å². The van der Waals surface area contributed by atoms with Crippen LogP contribution in [0, 0.1) is 0 Å². The zero-order valence-corrected chi connectivity index (χ0v) is 18.0. The van der Waals surface area contributed by atoms with E-state index >= 15 is 0 Å². The Morgan fingerprint density at radius 1 is 1.10 bits per heavy atom. The molecule has 0 radical (unpaired) electrons. The van der Waals surface area contributed by atoms with E-state index < -0.39 is 6.23 Å². The highest BCUT2D eigenvalue weighted by Gasteiger charge is 2.18. The molecule has 0 saturated heterocycles. The van der Waals surface area contributed by atoms with Crippen molar-refractivity contribution in [2.45, 2.75) is 45.4 Å². The molecule has 9 nitrogen and oxygen atoms in total. The Labute approximate surface area is 181 Å². The molecule has 3 N–H and O–H groups in total. The Hall–Kier alpha value is -2.75. The molecule has 0 aliphatic rings. The van der Waals surface area contributed by atoms with Gasteiger partial charge in [-0.05, 0) is 12.0 Å². The first-order valence-corrected chi connectivity index (χ1v) is 10.7. The molecule has 0 aliphatic carbocycles. The van der Waals surface area contributed by atoms with Gasteiger partial charge >= 0.3 is 0 Å². The summed E-state index contributed by atoms with van der Waals surface area (Å²) < 4.78 is 19.2. The number of benzene rings is 1. The highest BCUT2D eigenvalue weighted by Crippen LogP contribution is 2.16. The zero-order valence-electron chi connectivity index (χ0n) is 18.0. The van der Waals surface area contributed by atoms with Crippen molar-refractivity contribution in [1.29, 1.82) is 0 Å². The minimum Gasteiger partial charge on any atom is -0.377 e. The Kier molecular flexibility index (Phi) is 9.01. The van der Waals surface area contributed by atoms with Crippen LogP contribution in [0.3, 0.4) is 0 Å². The van der Waals surface area contributed by atoms with Crippen LogP contribution in [0.4, 0.5) is 5.95 Å². The number of anilines is 1. The van der Waals surface area contributed by atoms with Gasteiger partial charge in [0.15, 0.2) is 17.4 Å². The van der Waals surface area contributed by atoms with Gasteiger partial charge in [-0.1, -0.05) is 56.5 Å². The molecule has 1 aromatic carbocycles. The van der Waals surface area contributed by atoms with E-state index in [1.807, 2.05) is 30.3 Å². The molecular formula is C22H31N5O4. The van der Waals surface area contributed by atoms with Crippen LogP contribution in [-0.2, 0) is 20.8 Å². The van der Waals surface area contributed by atoms with Gasteiger partial charge in [-0.15, -0.1) is 0 Å². The number of nitrogens with zero attached hydrogens (tertiary/aromatic N) is 3. The summed E-state index contributed by atoms with van der Waals surface area (Å²) in [4.78, 5) is 22.9. The monoisotopic (exact) mass is 429 g/mol. The summed E-state index contributed by atoms with van der Waals surface area (Å²) in [5.74, 6) is 0.0321. The normalized spacial score (nSPS) is 12.4. The van der Waals surface area contributed by atoms with E-state index in [0.717, 1.165) is 18.4 Å². The van der Waals surface area contributed by atoms with Crippen LogP contribution < -0.4 is 11.3 Å². The second kappa shape index (κ2) is 12.2. The lowest BCUT2D eigenvalue weighted by molar-refractivity contribution is -0.0741. The number of aromatic nitrogens is 4. The predicted molar refractivity (Wildman–Crippen MR) is 119 cm³/mol. The number of hydrogen-bond acceptors (Lipinski definition) is 7. The lowest BCUT2D eigenvalue weighted by Gasteiger charge is -2.20. The molecule has 0 aliphatic heterocycles. The highest BCUT2D eigenvalue weighted by atomic mass is 16.6. The first-order chi connectivity index (χ1) is 15.2. The van der Waals surface area contributed by atoms with Gasteiger partial charge in [-0.3, -0.25) is 14.3 Å². The third kappa shape index (κ3) is 6.88. The molecule has 0 saturated carbocycles. The van der Waals surface area contributed by atoms with Crippen molar-refractivity contribution in [1.82, 2.24) is 19.5 Å². The van der Waals surface area contributed by atoms with Gasteiger partial charge in [0.1, 0.15) is 0 Å². The maximum Gasteiger partial charge on any atom is 0.280 e. The second-order valence-corrected chi connectivity index (χ2v) is 7.27. The quantitative estimate of drug-likeness (QED) is 0.378. The number of imidazole rings is 1. The van der Waals surface area contributed by atoms with Crippen molar-refractivity contribution in [3.05, 3.63) is 52.6 Å². The van der Waals surface area contributed by atoms with Crippen LogP contribution in [0.25, 0.3) is 11.2 Å². The van der Waals surface area contributed by atoms with Gasteiger partial charge in [-0.25, -0.2) is 4.98 Å². The van der Waals surface area contributed by atoms with Crippen molar-refractivity contribution < 1.29 is 14.2 Å². The van der Waals surface area contributed by atoms with Gasteiger partial charge in [0.25, 0.3) is 5.56 Å². The van der Waals surface area contributed by atoms with Crippen molar-refractivity contribution >= 4 is 17.1 Å². The smallest absolute Gasteiger partial charge is 0.280 e. The maximum atomic E-state index is 12.1. The molecule has 31 heavy (non-hydrogen) atoms. The Morgan fingerprint density at radius 2 is 1.94 bits per heavy atom. The maximum absolute atomic E-state index is 12.1. The molecular weight excluding hydrogens is 398 g/mol. The number of nitrogen functional groups attached to an aromatic ring is 1. The van der Waals surface area contributed by atoms with Crippen molar-refractivity contribution in [3.63, 3.8) is 0 Å². The first-order valence-electron chi connectivity index (χ1n) is 10.7. The van der Waals surface area contributed by atoms with E-state index in [1.165, 1.54) is 19.2 Å². The molecule has 9 heteroatoms. The number of unbranched alkanes of at least 4 members (excludes halogenated alkanes) is 3.